The minimum absolute atomic E-state index is 0.236. The summed E-state index contributed by atoms with van der Waals surface area (Å²) in [4.78, 5) is 23.0. The Morgan fingerprint density at radius 2 is 2.24 bits per heavy atom. The second-order valence-corrected chi connectivity index (χ2v) is 5.60. The third-order valence-corrected chi connectivity index (χ3v) is 4.52. The van der Waals surface area contributed by atoms with Gasteiger partial charge in [-0.1, -0.05) is 0 Å². The normalized spacial score (nSPS) is 26.2. The number of rotatable bonds is 2. The van der Waals surface area contributed by atoms with Crippen LogP contribution in [0.3, 0.4) is 0 Å². The smallest absolute Gasteiger partial charge is 0.239 e. The Morgan fingerprint density at radius 3 is 2.88 bits per heavy atom. The minimum atomic E-state index is -0.236. The molecule has 1 unspecified atom stereocenters. The molecule has 2 heterocycles. The summed E-state index contributed by atoms with van der Waals surface area (Å²) in [7, 11) is 0. The molecule has 0 aromatic carbocycles. The molecule has 2 fully saturated rings. The van der Waals surface area contributed by atoms with Crippen molar-refractivity contribution in [3.05, 3.63) is 18.1 Å². The van der Waals surface area contributed by atoms with Crippen molar-refractivity contribution in [1.82, 2.24) is 9.97 Å². The van der Waals surface area contributed by atoms with Crippen LogP contribution in [0.5, 0.6) is 0 Å². The molecule has 4 heteroatoms. The Kier molecular flexibility index (Phi) is 1.61. The average Bonchev–Trinajstić information content (AvgIpc) is 3.22. The fourth-order valence-electron chi connectivity index (χ4n) is 3.07. The number of anilines is 1. The summed E-state index contributed by atoms with van der Waals surface area (Å²) in [6, 6.07) is 0.302. The van der Waals surface area contributed by atoms with Gasteiger partial charge in [0.2, 0.25) is 5.91 Å². The lowest BCUT2D eigenvalue weighted by atomic mass is 10.0. The predicted octanol–water partition coefficient (Wildman–Crippen LogP) is 1.65. The zero-order valence-electron chi connectivity index (χ0n) is 9.89. The van der Waals surface area contributed by atoms with Crippen molar-refractivity contribution in [3.8, 4) is 0 Å². The lowest BCUT2D eigenvalue weighted by Gasteiger charge is -2.24. The maximum Gasteiger partial charge on any atom is 0.239 e. The van der Waals surface area contributed by atoms with Crippen molar-refractivity contribution >= 4 is 11.7 Å². The molecular formula is C13H15N3O. The standard InChI is InChI=1S/C13H15N3O/c1-8(9-2-3-9)16-11-10(6-14-7-15-11)13(4-5-13)12(16)17/h6-9H,2-5H2,1H3. The van der Waals surface area contributed by atoms with E-state index in [1.165, 1.54) is 12.8 Å². The summed E-state index contributed by atoms with van der Waals surface area (Å²) in [5, 5.41) is 0. The van der Waals surface area contributed by atoms with E-state index < -0.39 is 0 Å². The van der Waals surface area contributed by atoms with Crippen LogP contribution in [-0.2, 0) is 10.2 Å². The molecule has 1 aromatic heterocycles. The van der Waals surface area contributed by atoms with Gasteiger partial charge in [-0.3, -0.25) is 9.69 Å². The van der Waals surface area contributed by atoms with E-state index in [1.54, 1.807) is 6.33 Å². The van der Waals surface area contributed by atoms with Gasteiger partial charge in [-0.25, -0.2) is 9.97 Å². The highest BCUT2D eigenvalue weighted by molar-refractivity contribution is 6.09. The summed E-state index contributed by atoms with van der Waals surface area (Å²) >= 11 is 0. The van der Waals surface area contributed by atoms with E-state index in [1.807, 2.05) is 11.1 Å². The maximum atomic E-state index is 12.6. The highest BCUT2D eigenvalue weighted by atomic mass is 16.2. The van der Waals surface area contributed by atoms with E-state index in [0.29, 0.717) is 12.0 Å². The fourth-order valence-corrected chi connectivity index (χ4v) is 3.07. The van der Waals surface area contributed by atoms with Gasteiger partial charge >= 0.3 is 0 Å². The molecule has 4 nitrogen and oxygen atoms in total. The quantitative estimate of drug-likeness (QED) is 0.774. The van der Waals surface area contributed by atoms with E-state index >= 15 is 0 Å². The van der Waals surface area contributed by atoms with Crippen LogP contribution >= 0.6 is 0 Å². The van der Waals surface area contributed by atoms with Gasteiger partial charge in [-0.15, -0.1) is 0 Å². The molecule has 2 saturated carbocycles. The lowest BCUT2D eigenvalue weighted by molar-refractivity contribution is -0.120. The number of carbonyl (C=O) groups is 1. The van der Waals surface area contributed by atoms with Gasteiger partial charge in [0, 0.05) is 17.8 Å². The second-order valence-electron chi connectivity index (χ2n) is 5.60. The van der Waals surface area contributed by atoms with Crippen molar-refractivity contribution < 1.29 is 4.79 Å². The van der Waals surface area contributed by atoms with E-state index in [0.717, 1.165) is 24.2 Å². The summed E-state index contributed by atoms with van der Waals surface area (Å²) in [5.41, 5.74) is 0.831. The second kappa shape index (κ2) is 2.86. The number of carbonyl (C=O) groups excluding carboxylic acids is 1. The summed E-state index contributed by atoms with van der Waals surface area (Å²) in [5.74, 6) is 1.82. The van der Waals surface area contributed by atoms with Gasteiger partial charge in [-0.05, 0) is 38.5 Å². The zero-order valence-corrected chi connectivity index (χ0v) is 9.89. The fraction of sp³-hybridized carbons (Fsp3) is 0.615. The van der Waals surface area contributed by atoms with E-state index in [4.69, 9.17) is 0 Å². The molecule has 0 bridgehead atoms. The third-order valence-electron chi connectivity index (χ3n) is 4.52. The Labute approximate surface area is 100 Å². The molecule has 3 aliphatic rings. The van der Waals surface area contributed by atoms with E-state index in [-0.39, 0.29) is 11.3 Å². The van der Waals surface area contributed by atoms with Crippen LogP contribution in [-0.4, -0.2) is 21.9 Å². The van der Waals surface area contributed by atoms with Crippen LogP contribution in [0.15, 0.2) is 12.5 Å². The molecule has 0 radical (unpaired) electrons. The van der Waals surface area contributed by atoms with Gasteiger partial charge in [0.1, 0.15) is 12.1 Å². The zero-order chi connectivity index (χ0) is 11.6. The molecular weight excluding hydrogens is 214 g/mol. The topological polar surface area (TPSA) is 46.1 Å². The Hall–Kier alpha value is -1.45. The molecule has 1 atom stereocenters. The Balaban J connectivity index is 1.83. The summed E-state index contributed by atoms with van der Waals surface area (Å²) in [6.07, 6.45) is 7.84. The van der Waals surface area contributed by atoms with Crippen molar-refractivity contribution in [2.24, 2.45) is 5.92 Å². The Bertz CT molecular complexity index is 505. The van der Waals surface area contributed by atoms with Crippen molar-refractivity contribution in [1.29, 1.82) is 0 Å². The first-order valence-corrected chi connectivity index (χ1v) is 6.38. The monoisotopic (exact) mass is 229 g/mol. The molecule has 0 saturated heterocycles. The molecule has 2 aliphatic carbocycles. The number of amides is 1. The number of hydrogen-bond donors (Lipinski definition) is 0. The largest absolute Gasteiger partial charge is 0.293 e. The molecule has 4 rings (SSSR count). The predicted molar refractivity (Wildman–Crippen MR) is 62.6 cm³/mol. The number of hydrogen-bond acceptors (Lipinski definition) is 3. The summed E-state index contributed by atoms with van der Waals surface area (Å²) < 4.78 is 0. The molecule has 1 aliphatic heterocycles. The first-order chi connectivity index (χ1) is 8.24. The van der Waals surface area contributed by atoms with Crippen LogP contribution in [0.2, 0.25) is 0 Å². The van der Waals surface area contributed by atoms with Crippen molar-refractivity contribution in [3.63, 3.8) is 0 Å². The van der Waals surface area contributed by atoms with Gasteiger partial charge < -0.3 is 0 Å². The van der Waals surface area contributed by atoms with E-state index in [9.17, 15) is 4.79 Å². The molecule has 17 heavy (non-hydrogen) atoms. The van der Waals surface area contributed by atoms with Gasteiger partial charge in [0.15, 0.2) is 0 Å². The molecule has 88 valence electrons. The highest BCUT2D eigenvalue weighted by Gasteiger charge is 2.61. The lowest BCUT2D eigenvalue weighted by Crippen LogP contribution is -2.40. The molecule has 1 amide bonds. The third kappa shape index (κ3) is 1.10. The number of nitrogens with zero attached hydrogens (tertiary/aromatic N) is 3. The summed E-state index contributed by atoms with van der Waals surface area (Å²) in [6.45, 7) is 2.16. The van der Waals surface area contributed by atoms with Gasteiger partial charge in [-0.2, -0.15) is 0 Å². The first kappa shape index (κ1) is 9.57. The maximum absolute atomic E-state index is 12.6. The van der Waals surface area contributed by atoms with Crippen LogP contribution in [0.1, 0.15) is 38.2 Å². The van der Waals surface area contributed by atoms with Gasteiger partial charge in [0.05, 0.1) is 5.41 Å². The SMILES string of the molecule is CC(C1CC1)N1C(=O)C2(CC2)c2cncnc21. The molecule has 1 spiro atoms. The highest BCUT2D eigenvalue weighted by Crippen LogP contribution is 2.57. The van der Waals surface area contributed by atoms with Crippen molar-refractivity contribution in [2.45, 2.75) is 44.1 Å². The number of fused-ring (bicyclic) bond motifs is 2. The van der Waals surface area contributed by atoms with Crippen LogP contribution in [0.4, 0.5) is 5.82 Å². The Morgan fingerprint density at radius 1 is 1.47 bits per heavy atom. The van der Waals surface area contributed by atoms with Crippen LogP contribution in [0.25, 0.3) is 0 Å². The van der Waals surface area contributed by atoms with Gasteiger partial charge in [0.25, 0.3) is 0 Å². The van der Waals surface area contributed by atoms with Crippen molar-refractivity contribution in [2.75, 3.05) is 4.90 Å². The van der Waals surface area contributed by atoms with Crippen LogP contribution < -0.4 is 4.90 Å². The minimum Gasteiger partial charge on any atom is -0.293 e. The first-order valence-electron chi connectivity index (χ1n) is 6.38. The average molecular weight is 229 g/mol. The van der Waals surface area contributed by atoms with Crippen LogP contribution in [0, 0.1) is 5.92 Å². The van der Waals surface area contributed by atoms with E-state index in [2.05, 4.69) is 16.9 Å². The molecule has 0 N–H and O–H groups in total. The molecule has 1 aromatic rings. The number of aromatic nitrogens is 2.